The highest BCUT2D eigenvalue weighted by molar-refractivity contribution is 7.80. The lowest BCUT2D eigenvalue weighted by atomic mass is 10.1. The fourth-order valence-electron chi connectivity index (χ4n) is 3.07. The number of thiocarbonyl (C=S) groups is 1. The van der Waals surface area contributed by atoms with E-state index < -0.39 is 0 Å². The van der Waals surface area contributed by atoms with Gasteiger partial charge in [-0.3, -0.25) is 4.79 Å². The Kier molecular flexibility index (Phi) is 6.81. The van der Waals surface area contributed by atoms with Crippen LogP contribution in [0.25, 0.3) is 0 Å². The fraction of sp³-hybridized carbons (Fsp3) is 0.333. The zero-order chi connectivity index (χ0) is 19.9. The molecule has 1 saturated heterocycles. The molecule has 0 spiro atoms. The van der Waals surface area contributed by atoms with E-state index in [1.165, 1.54) is 30.7 Å². The maximum absolute atomic E-state index is 12.9. The van der Waals surface area contributed by atoms with E-state index in [0.29, 0.717) is 17.2 Å². The molecule has 2 aromatic carbocycles. The van der Waals surface area contributed by atoms with E-state index in [-0.39, 0.29) is 18.3 Å². The van der Waals surface area contributed by atoms with Crippen LogP contribution < -0.4 is 14.8 Å². The Bertz CT molecular complexity index is 836. The van der Waals surface area contributed by atoms with Crippen LogP contribution >= 0.6 is 12.2 Å². The molecule has 148 valence electrons. The molecule has 0 aliphatic carbocycles. The number of carbonyl (C=O) groups is 1. The molecule has 0 aromatic heterocycles. The SMILES string of the molecule is COc1cc(C(=S)N2CCCCC2)ccc1OCC(=O)Nc1ccc(F)cc1. The second kappa shape index (κ2) is 9.50. The van der Waals surface area contributed by atoms with E-state index in [4.69, 9.17) is 21.7 Å². The van der Waals surface area contributed by atoms with Crippen molar-refractivity contribution in [2.24, 2.45) is 0 Å². The maximum Gasteiger partial charge on any atom is 0.262 e. The van der Waals surface area contributed by atoms with Gasteiger partial charge in [0, 0.05) is 24.3 Å². The molecule has 1 fully saturated rings. The first-order valence-electron chi connectivity index (χ1n) is 9.22. The third-order valence-corrected chi connectivity index (χ3v) is 5.03. The van der Waals surface area contributed by atoms with Gasteiger partial charge in [0.1, 0.15) is 10.8 Å². The largest absolute Gasteiger partial charge is 0.493 e. The number of rotatable bonds is 6. The lowest BCUT2D eigenvalue weighted by molar-refractivity contribution is -0.118. The summed E-state index contributed by atoms with van der Waals surface area (Å²) in [5.41, 5.74) is 1.40. The molecule has 1 aliphatic heterocycles. The van der Waals surface area contributed by atoms with E-state index >= 15 is 0 Å². The lowest BCUT2D eigenvalue weighted by Gasteiger charge is -2.29. The summed E-state index contributed by atoms with van der Waals surface area (Å²) >= 11 is 5.62. The van der Waals surface area contributed by atoms with E-state index in [2.05, 4.69) is 10.2 Å². The number of hydrogen-bond acceptors (Lipinski definition) is 4. The third-order valence-electron chi connectivity index (χ3n) is 4.54. The van der Waals surface area contributed by atoms with E-state index in [1.807, 2.05) is 12.1 Å². The van der Waals surface area contributed by atoms with Crippen LogP contribution in [-0.2, 0) is 4.79 Å². The Morgan fingerprint density at radius 2 is 1.82 bits per heavy atom. The number of benzene rings is 2. The molecule has 0 atom stereocenters. The molecule has 0 radical (unpaired) electrons. The third kappa shape index (κ3) is 5.19. The second-order valence-electron chi connectivity index (χ2n) is 6.56. The number of nitrogens with zero attached hydrogens (tertiary/aromatic N) is 1. The van der Waals surface area contributed by atoms with Crippen molar-refractivity contribution in [3.8, 4) is 11.5 Å². The Morgan fingerprint density at radius 3 is 2.50 bits per heavy atom. The topological polar surface area (TPSA) is 50.8 Å². The number of hydrogen-bond donors (Lipinski definition) is 1. The Labute approximate surface area is 169 Å². The molecule has 0 saturated carbocycles. The molecule has 5 nitrogen and oxygen atoms in total. The number of amides is 1. The standard InChI is InChI=1S/C21H23FN2O3S/c1-26-19-13-15(21(28)24-11-3-2-4-12-24)5-10-18(19)27-14-20(25)23-17-8-6-16(22)7-9-17/h5-10,13H,2-4,11-12,14H2,1H3,(H,23,25). The monoisotopic (exact) mass is 402 g/mol. The summed E-state index contributed by atoms with van der Waals surface area (Å²) in [6, 6.07) is 11.0. The minimum Gasteiger partial charge on any atom is -0.493 e. The van der Waals surface area contributed by atoms with Crippen molar-refractivity contribution in [1.82, 2.24) is 4.90 Å². The molecule has 28 heavy (non-hydrogen) atoms. The van der Waals surface area contributed by atoms with E-state index in [1.54, 1.807) is 13.2 Å². The number of halogens is 1. The highest BCUT2D eigenvalue weighted by Gasteiger charge is 2.17. The van der Waals surface area contributed by atoms with Crippen LogP contribution in [0.1, 0.15) is 24.8 Å². The first-order chi connectivity index (χ1) is 13.6. The van der Waals surface area contributed by atoms with Gasteiger partial charge in [0.15, 0.2) is 18.1 Å². The molecule has 1 aliphatic rings. The molecule has 2 aromatic rings. The molecule has 1 N–H and O–H groups in total. The normalized spacial score (nSPS) is 13.7. The van der Waals surface area contributed by atoms with Crippen LogP contribution in [-0.4, -0.2) is 42.6 Å². The van der Waals surface area contributed by atoms with Gasteiger partial charge in [-0.25, -0.2) is 4.39 Å². The summed E-state index contributed by atoms with van der Waals surface area (Å²) < 4.78 is 23.9. The Morgan fingerprint density at radius 1 is 1.11 bits per heavy atom. The summed E-state index contributed by atoms with van der Waals surface area (Å²) in [5, 5.41) is 2.65. The van der Waals surface area contributed by atoms with Crippen LogP contribution in [0.4, 0.5) is 10.1 Å². The average Bonchev–Trinajstić information content (AvgIpc) is 2.74. The first kappa shape index (κ1) is 20.1. The summed E-state index contributed by atoms with van der Waals surface area (Å²) in [6.07, 6.45) is 3.55. The van der Waals surface area contributed by atoms with Gasteiger partial charge < -0.3 is 19.7 Å². The molecule has 0 bridgehead atoms. The van der Waals surface area contributed by atoms with Crippen molar-refractivity contribution < 1.29 is 18.7 Å². The number of anilines is 1. The van der Waals surface area contributed by atoms with Gasteiger partial charge >= 0.3 is 0 Å². The zero-order valence-electron chi connectivity index (χ0n) is 15.7. The van der Waals surface area contributed by atoms with Crippen LogP contribution in [0.5, 0.6) is 11.5 Å². The average molecular weight is 402 g/mol. The number of ether oxygens (including phenoxy) is 2. The summed E-state index contributed by atoms with van der Waals surface area (Å²) in [5.74, 6) is 0.275. The van der Waals surface area contributed by atoms with Crippen molar-refractivity contribution in [2.45, 2.75) is 19.3 Å². The van der Waals surface area contributed by atoms with Gasteiger partial charge in [-0.05, 0) is 61.7 Å². The molecule has 7 heteroatoms. The first-order valence-corrected chi connectivity index (χ1v) is 9.63. The molecular weight excluding hydrogens is 379 g/mol. The van der Waals surface area contributed by atoms with Gasteiger partial charge in [0.2, 0.25) is 0 Å². The summed E-state index contributed by atoms with van der Waals surface area (Å²) in [4.78, 5) is 15.1. The minimum atomic E-state index is -0.360. The smallest absolute Gasteiger partial charge is 0.262 e. The Balaban J connectivity index is 1.61. The van der Waals surface area contributed by atoms with Crippen LogP contribution in [0.15, 0.2) is 42.5 Å². The summed E-state index contributed by atoms with van der Waals surface area (Å²) in [7, 11) is 1.55. The second-order valence-corrected chi connectivity index (χ2v) is 6.95. The van der Waals surface area contributed by atoms with Gasteiger partial charge in [0.05, 0.1) is 7.11 Å². The molecule has 0 unspecified atom stereocenters. The number of piperidine rings is 1. The number of nitrogens with one attached hydrogen (secondary N) is 1. The predicted molar refractivity (Wildman–Crippen MR) is 111 cm³/mol. The van der Waals surface area contributed by atoms with E-state index in [0.717, 1.165) is 36.5 Å². The van der Waals surface area contributed by atoms with Gasteiger partial charge in [-0.2, -0.15) is 0 Å². The van der Waals surface area contributed by atoms with Crippen molar-refractivity contribution in [3.05, 3.63) is 53.8 Å². The zero-order valence-corrected chi connectivity index (χ0v) is 16.6. The van der Waals surface area contributed by atoms with Crippen LogP contribution in [0.3, 0.4) is 0 Å². The molecule has 1 amide bonds. The molecular formula is C21H23FN2O3S. The van der Waals surface area contributed by atoms with Crippen molar-refractivity contribution in [1.29, 1.82) is 0 Å². The van der Waals surface area contributed by atoms with Crippen molar-refractivity contribution in [3.63, 3.8) is 0 Å². The van der Waals surface area contributed by atoms with Gasteiger partial charge in [-0.15, -0.1) is 0 Å². The number of carbonyl (C=O) groups excluding carboxylic acids is 1. The van der Waals surface area contributed by atoms with E-state index in [9.17, 15) is 9.18 Å². The highest BCUT2D eigenvalue weighted by Crippen LogP contribution is 2.29. The molecule has 3 rings (SSSR count). The minimum absolute atomic E-state index is 0.191. The summed E-state index contributed by atoms with van der Waals surface area (Å²) in [6.45, 7) is 1.76. The van der Waals surface area contributed by atoms with Crippen molar-refractivity contribution >= 4 is 28.8 Å². The quantitative estimate of drug-likeness (QED) is 0.740. The highest BCUT2D eigenvalue weighted by atomic mass is 32.1. The van der Waals surface area contributed by atoms with Gasteiger partial charge in [0.25, 0.3) is 5.91 Å². The van der Waals surface area contributed by atoms with Crippen LogP contribution in [0.2, 0.25) is 0 Å². The number of methoxy groups -OCH3 is 1. The van der Waals surface area contributed by atoms with Crippen LogP contribution in [0, 0.1) is 5.82 Å². The maximum atomic E-state index is 12.9. The van der Waals surface area contributed by atoms with Gasteiger partial charge in [-0.1, -0.05) is 12.2 Å². The lowest BCUT2D eigenvalue weighted by Crippen LogP contribution is -2.34. The van der Waals surface area contributed by atoms with Crippen molar-refractivity contribution in [2.75, 3.05) is 32.1 Å². The predicted octanol–water partition coefficient (Wildman–Crippen LogP) is 4.01. The fourth-order valence-corrected chi connectivity index (χ4v) is 3.38. The Hall–Kier alpha value is -2.67. The number of likely N-dealkylation sites (tertiary alicyclic amines) is 1. The molecule has 1 heterocycles.